The van der Waals surface area contributed by atoms with E-state index in [2.05, 4.69) is 41.2 Å². The van der Waals surface area contributed by atoms with E-state index in [1.165, 1.54) is 6.42 Å². The number of fused-ring (bicyclic) bond motifs is 1. The first-order valence-corrected chi connectivity index (χ1v) is 8.00. The zero-order valence-corrected chi connectivity index (χ0v) is 13.2. The Morgan fingerprint density at radius 2 is 2.05 bits per heavy atom. The van der Waals surface area contributed by atoms with Gasteiger partial charge in [-0.05, 0) is 19.5 Å². The van der Waals surface area contributed by atoms with Crippen LogP contribution in [0.3, 0.4) is 0 Å². The van der Waals surface area contributed by atoms with Gasteiger partial charge in [0.1, 0.15) is 5.01 Å². The third-order valence-corrected chi connectivity index (χ3v) is 4.38. The van der Waals surface area contributed by atoms with Crippen LogP contribution in [0.1, 0.15) is 38.0 Å². The molecule has 0 aromatic carbocycles. The fourth-order valence-electron chi connectivity index (χ4n) is 2.44. The summed E-state index contributed by atoms with van der Waals surface area (Å²) in [7, 11) is 0. The predicted molar refractivity (Wildman–Crippen MR) is 80.1 cm³/mol. The van der Waals surface area contributed by atoms with Gasteiger partial charge in [0.2, 0.25) is 4.96 Å². The van der Waals surface area contributed by atoms with Gasteiger partial charge in [-0.25, -0.2) is 0 Å². The third-order valence-electron chi connectivity index (χ3n) is 3.50. The number of aromatic nitrogens is 4. The molecule has 0 radical (unpaired) electrons. The van der Waals surface area contributed by atoms with Gasteiger partial charge in [-0.15, -0.1) is 10.2 Å². The van der Waals surface area contributed by atoms with E-state index in [1.807, 2.05) is 4.52 Å². The molecular formula is C13H22N6S. The molecule has 3 heterocycles. The molecule has 20 heavy (non-hydrogen) atoms. The molecule has 2 aromatic rings. The smallest absolute Gasteiger partial charge is 0.234 e. The van der Waals surface area contributed by atoms with Crippen molar-refractivity contribution in [2.75, 3.05) is 26.2 Å². The molecule has 0 aliphatic carbocycles. The first-order valence-electron chi connectivity index (χ1n) is 7.19. The lowest BCUT2D eigenvalue weighted by atomic mass is 9.96. The second kappa shape index (κ2) is 5.38. The summed E-state index contributed by atoms with van der Waals surface area (Å²) in [6.45, 7) is 11.8. The largest absolute Gasteiger partial charge is 0.315 e. The van der Waals surface area contributed by atoms with E-state index in [0.29, 0.717) is 0 Å². The topological polar surface area (TPSA) is 58.4 Å². The molecule has 1 aliphatic rings. The Labute approximate surface area is 123 Å². The van der Waals surface area contributed by atoms with Gasteiger partial charge in [0.15, 0.2) is 5.82 Å². The first kappa shape index (κ1) is 13.9. The highest BCUT2D eigenvalue weighted by Crippen LogP contribution is 2.23. The lowest BCUT2D eigenvalue weighted by Gasteiger charge is -2.17. The van der Waals surface area contributed by atoms with Crippen LogP contribution < -0.4 is 5.32 Å². The Morgan fingerprint density at radius 3 is 2.85 bits per heavy atom. The van der Waals surface area contributed by atoms with Crippen molar-refractivity contribution in [3.8, 4) is 0 Å². The number of nitrogens with zero attached hydrogens (tertiary/aromatic N) is 5. The summed E-state index contributed by atoms with van der Waals surface area (Å²) in [5, 5.41) is 17.8. The Morgan fingerprint density at radius 1 is 1.20 bits per heavy atom. The number of hydrogen-bond donors (Lipinski definition) is 1. The molecule has 3 rings (SSSR count). The molecule has 0 saturated carbocycles. The quantitative estimate of drug-likeness (QED) is 0.904. The number of nitrogens with one attached hydrogen (secondary N) is 1. The van der Waals surface area contributed by atoms with Crippen LogP contribution in [0.5, 0.6) is 0 Å². The molecule has 6 nitrogen and oxygen atoms in total. The lowest BCUT2D eigenvalue weighted by molar-refractivity contribution is 0.283. The van der Waals surface area contributed by atoms with Gasteiger partial charge in [-0.1, -0.05) is 32.1 Å². The summed E-state index contributed by atoms with van der Waals surface area (Å²) in [6, 6.07) is 0. The van der Waals surface area contributed by atoms with E-state index in [9.17, 15) is 0 Å². The van der Waals surface area contributed by atoms with Gasteiger partial charge < -0.3 is 5.32 Å². The van der Waals surface area contributed by atoms with Crippen LogP contribution in [-0.2, 0) is 12.0 Å². The van der Waals surface area contributed by atoms with Crippen molar-refractivity contribution in [1.29, 1.82) is 0 Å². The zero-order valence-electron chi connectivity index (χ0n) is 12.4. The minimum absolute atomic E-state index is 0.0305. The lowest BCUT2D eigenvalue weighted by Crippen LogP contribution is -2.27. The van der Waals surface area contributed by atoms with E-state index in [-0.39, 0.29) is 5.41 Å². The van der Waals surface area contributed by atoms with Crippen LogP contribution in [0.25, 0.3) is 4.96 Å². The standard InChI is InChI=1S/C13H22N6S/c1-13(2,3)11-15-16-12-19(11)17-10(20-12)9-18-7-4-5-14-6-8-18/h14H,4-9H2,1-3H3. The fraction of sp³-hybridized carbons (Fsp3) is 0.769. The molecular weight excluding hydrogens is 272 g/mol. The van der Waals surface area contributed by atoms with Gasteiger partial charge in [0.25, 0.3) is 0 Å². The molecule has 7 heteroatoms. The Bertz CT molecular complexity index is 573. The Balaban J connectivity index is 1.80. The molecule has 1 N–H and O–H groups in total. The molecule has 0 unspecified atom stereocenters. The van der Waals surface area contributed by atoms with E-state index >= 15 is 0 Å². The van der Waals surface area contributed by atoms with Crippen molar-refractivity contribution in [2.24, 2.45) is 0 Å². The second-order valence-electron chi connectivity index (χ2n) is 6.34. The highest BCUT2D eigenvalue weighted by molar-refractivity contribution is 7.16. The summed E-state index contributed by atoms with van der Waals surface area (Å²) < 4.78 is 1.91. The maximum atomic E-state index is 4.71. The summed E-state index contributed by atoms with van der Waals surface area (Å²) >= 11 is 1.65. The van der Waals surface area contributed by atoms with Gasteiger partial charge in [-0.2, -0.15) is 9.61 Å². The molecule has 0 spiro atoms. The van der Waals surface area contributed by atoms with Crippen molar-refractivity contribution >= 4 is 16.3 Å². The average molecular weight is 294 g/mol. The molecule has 0 atom stereocenters. The van der Waals surface area contributed by atoms with E-state index in [0.717, 1.165) is 48.5 Å². The van der Waals surface area contributed by atoms with Gasteiger partial charge in [-0.3, -0.25) is 4.90 Å². The molecule has 1 saturated heterocycles. The minimum atomic E-state index is -0.0305. The SMILES string of the molecule is CC(C)(C)c1nnc2sc(CN3CCCNCC3)nn12. The summed E-state index contributed by atoms with van der Waals surface area (Å²) in [5.41, 5.74) is -0.0305. The Kier molecular flexibility index (Phi) is 3.74. The van der Waals surface area contributed by atoms with Crippen molar-refractivity contribution in [3.05, 3.63) is 10.8 Å². The van der Waals surface area contributed by atoms with Crippen molar-refractivity contribution in [2.45, 2.75) is 39.2 Å². The molecule has 2 aromatic heterocycles. The number of hydrogen-bond acceptors (Lipinski definition) is 6. The van der Waals surface area contributed by atoms with Gasteiger partial charge >= 0.3 is 0 Å². The molecule has 0 bridgehead atoms. The first-order chi connectivity index (χ1) is 9.54. The maximum absolute atomic E-state index is 4.71. The molecule has 1 fully saturated rings. The molecule has 1 aliphatic heterocycles. The van der Waals surface area contributed by atoms with Crippen molar-refractivity contribution in [1.82, 2.24) is 30.0 Å². The van der Waals surface area contributed by atoms with Crippen LogP contribution in [0, 0.1) is 0 Å². The number of rotatable bonds is 2. The zero-order chi connectivity index (χ0) is 14.2. The predicted octanol–water partition coefficient (Wildman–Crippen LogP) is 1.28. The average Bonchev–Trinajstić information content (AvgIpc) is 2.80. The van der Waals surface area contributed by atoms with Crippen LogP contribution in [-0.4, -0.2) is 50.9 Å². The fourth-order valence-corrected chi connectivity index (χ4v) is 3.31. The Hall–Kier alpha value is -1.05. The highest BCUT2D eigenvalue weighted by Gasteiger charge is 2.23. The van der Waals surface area contributed by atoms with Crippen LogP contribution in [0.2, 0.25) is 0 Å². The summed E-state index contributed by atoms with van der Waals surface area (Å²) in [5.74, 6) is 0.938. The minimum Gasteiger partial charge on any atom is -0.315 e. The molecule has 0 amide bonds. The van der Waals surface area contributed by atoms with Crippen molar-refractivity contribution < 1.29 is 0 Å². The van der Waals surface area contributed by atoms with Crippen molar-refractivity contribution in [3.63, 3.8) is 0 Å². The molecule has 110 valence electrons. The van der Waals surface area contributed by atoms with Gasteiger partial charge in [0.05, 0.1) is 6.54 Å². The van der Waals surface area contributed by atoms with E-state index < -0.39 is 0 Å². The van der Waals surface area contributed by atoms with E-state index in [4.69, 9.17) is 5.10 Å². The monoisotopic (exact) mass is 294 g/mol. The maximum Gasteiger partial charge on any atom is 0.234 e. The normalized spacial score (nSPS) is 18.6. The second-order valence-corrected chi connectivity index (χ2v) is 7.38. The van der Waals surface area contributed by atoms with E-state index in [1.54, 1.807) is 11.3 Å². The summed E-state index contributed by atoms with van der Waals surface area (Å²) in [4.78, 5) is 3.36. The van der Waals surface area contributed by atoms with Gasteiger partial charge in [0, 0.05) is 18.5 Å². The van der Waals surface area contributed by atoms with Crippen LogP contribution >= 0.6 is 11.3 Å². The summed E-state index contributed by atoms with van der Waals surface area (Å²) in [6.07, 6.45) is 1.21. The van der Waals surface area contributed by atoms with Crippen LogP contribution in [0.15, 0.2) is 0 Å². The third kappa shape index (κ3) is 2.84. The highest BCUT2D eigenvalue weighted by atomic mass is 32.1. The van der Waals surface area contributed by atoms with Crippen LogP contribution in [0.4, 0.5) is 0 Å².